The fourth-order valence-electron chi connectivity index (χ4n) is 0.955. The minimum absolute atomic E-state index is 0.0535. The van der Waals surface area contributed by atoms with Gasteiger partial charge < -0.3 is 4.74 Å². The standard InChI is InChI=1S/C9H6BrF3O2/c10-5-15-8(14)6-2-1-3-7(4-6)9(11,12)13/h1-4H,5H2. The molecule has 1 rings (SSSR count). The van der Waals surface area contributed by atoms with Gasteiger partial charge in [0, 0.05) is 0 Å². The van der Waals surface area contributed by atoms with Gasteiger partial charge in [0.15, 0.2) is 0 Å². The van der Waals surface area contributed by atoms with Gasteiger partial charge in [-0.3, -0.25) is 0 Å². The van der Waals surface area contributed by atoms with E-state index in [4.69, 9.17) is 0 Å². The van der Waals surface area contributed by atoms with Crippen molar-refractivity contribution in [3.05, 3.63) is 35.4 Å². The topological polar surface area (TPSA) is 26.3 Å². The van der Waals surface area contributed by atoms with Gasteiger partial charge in [0.05, 0.1) is 11.1 Å². The summed E-state index contributed by atoms with van der Waals surface area (Å²) < 4.78 is 41.3. The molecule has 1 aromatic rings. The summed E-state index contributed by atoms with van der Waals surface area (Å²) in [5.74, 6) is -0.794. The van der Waals surface area contributed by atoms with Crippen LogP contribution in [0.1, 0.15) is 15.9 Å². The molecule has 82 valence electrons. The third-order valence-electron chi connectivity index (χ3n) is 1.61. The van der Waals surface area contributed by atoms with Crippen LogP contribution in [-0.4, -0.2) is 11.5 Å². The van der Waals surface area contributed by atoms with Crippen LogP contribution in [-0.2, 0) is 10.9 Å². The maximum Gasteiger partial charge on any atom is 0.416 e. The molecular formula is C9H6BrF3O2. The molecule has 6 heteroatoms. The molecule has 2 nitrogen and oxygen atoms in total. The van der Waals surface area contributed by atoms with Crippen molar-refractivity contribution in [2.24, 2.45) is 0 Å². The number of rotatable bonds is 2. The monoisotopic (exact) mass is 282 g/mol. The molecule has 0 heterocycles. The zero-order valence-electron chi connectivity index (χ0n) is 7.34. The second-order valence-electron chi connectivity index (χ2n) is 2.62. The summed E-state index contributed by atoms with van der Waals surface area (Å²) in [7, 11) is 0. The normalized spacial score (nSPS) is 11.2. The quantitative estimate of drug-likeness (QED) is 0.615. The summed E-state index contributed by atoms with van der Waals surface area (Å²) >= 11 is 2.84. The van der Waals surface area contributed by atoms with Crippen molar-refractivity contribution in [2.45, 2.75) is 6.18 Å². The van der Waals surface area contributed by atoms with Gasteiger partial charge in [-0.15, -0.1) is 0 Å². The SMILES string of the molecule is O=C(OCBr)c1cccc(C(F)(F)F)c1. The van der Waals surface area contributed by atoms with E-state index in [1.165, 1.54) is 6.07 Å². The van der Waals surface area contributed by atoms with Crippen LogP contribution in [0.4, 0.5) is 13.2 Å². The van der Waals surface area contributed by atoms with Crippen LogP contribution in [0.25, 0.3) is 0 Å². The molecule has 15 heavy (non-hydrogen) atoms. The Kier molecular flexibility index (Phi) is 3.73. The highest BCUT2D eigenvalue weighted by molar-refractivity contribution is 9.09. The molecule has 0 aliphatic rings. The Balaban J connectivity index is 2.98. The predicted octanol–water partition coefficient (Wildman–Crippen LogP) is 3.21. The molecule has 0 spiro atoms. The molecule has 0 N–H and O–H groups in total. The lowest BCUT2D eigenvalue weighted by Crippen LogP contribution is -2.08. The number of esters is 1. The van der Waals surface area contributed by atoms with Gasteiger partial charge in [-0.25, -0.2) is 4.79 Å². The van der Waals surface area contributed by atoms with E-state index in [0.29, 0.717) is 0 Å². The van der Waals surface area contributed by atoms with E-state index in [1.54, 1.807) is 0 Å². The average Bonchev–Trinajstić information content (AvgIpc) is 2.17. The van der Waals surface area contributed by atoms with Crippen LogP contribution in [0, 0.1) is 0 Å². The Hall–Kier alpha value is -1.04. The Morgan fingerprint density at radius 2 is 2.07 bits per heavy atom. The first kappa shape index (κ1) is 12.0. The lowest BCUT2D eigenvalue weighted by molar-refractivity contribution is -0.137. The molecule has 1 aromatic carbocycles. The molecule has 0 radical (unpaired) electrons. The van der Waals surface area contributed by atoms with Crippen LogP contribution in [0.15, 0.2) is 24.3 Å². The molecule has 0 fully saturated rings. The van der Waals surface area contributed by atoms with Gasteiger partial charge in [-0.1, -0.05) is 6.07 Å². The number of hydrogen-bond acceptors (Lipinski definition) is 2. The average molecular weight is 283 g/mol. The molecule has 0 saturated carbocycles. The maximum atomic E-state index is 12.3. The van der Waals surface area contributed by atoms with Crippen LogP contribution in [0.3, 0.4) is 0 Å². The van der Waals surface area contributed by atoms with Crippen molar-refractivity contribution in [3.8, 4) is 0 Å². The zero-order valence-corrected chi connectivity index (χ0v) is 8.93. The number of hydrogen-bond donors (Lipinski definition) is 0. The molecular weight excluding hydrogens is 277 g/mol. The van der Waals surface area contributed by atoms with Crippen LogP contribution in [0.5, 0.6) is 0 Å². The Bertz CT molecular complexity index is 363. The van der Waals surface area contributed by atoms with Crippen LogP contribution >= 0.6 is 15.9 Å². The van der Waals surface area contributed by atoms with Crippen molar-refractivity contribution in [1.29, 1.82) is 0 Å². The fraction of sp³-hybridized carbons (Fsp3) is 0.222. The van der Waals surface area contributed by atoms with Gasteiger partial charge in [0.1, 0.15) is 5.52 Å². The third-order valence-corrected chi connectivity index (χ3v) is 1.84. The van der Waals surface area contributed by atoms with Gasteiger partial charge in [0.25, 0.3) is 0 Å². The van der Waals surface area contributed by atoms with Gasteiger partial charge >= 0.3 is 12.1 Å². The number of alkyl halides is 4. The number of halogens is 4. The van der Waals surface area contributed by atoms with Crippen LogP contribution in [0.2, 0.25) is 0 Å². The highest BCUT2D eigenvalue weighted by Gasteiger charge is 2.30. The molecule has 0 bridgehead atoms. The van der Waals surface area contributed by atoms with Crippen molar-refractivity contribution in [3.63, 3.8) is 0 Å². The smallest absolute Gasteiger partial charge is 0.416 e. The number of carbonyl (C=O) groups is 1. The maximum absolute atomic E-state index is 12.3. The van der Waals surface area contributed by atoms with E-state index in [2.05, 4.69) is 20.7 Å². The first-order valence-corrected chi connectivity index (χ1v) is 4.97. The van der Waals surface area contributed by atoms with E-state index < -0.39 is 17.7 Å². The summed E-state index contributed by atoms with van der Waals surface area (Å²) in [6, 6.07) is 4.07. The third kappa shape index (κ3) is 3.23. The van der Waals surface area contributed by atoms with E-state index >= 15 is 0 Å². The predicted molar refractivity (Wildman–Crippen MR) is 50.7 cm³/mol. The lowest BCUT2D eigenvalue weighted by atomic mass is 10.1. The molecule has 0 unspecified atom stereocenters. The van der Waals surface area contributed by atoms with Crippen molar-refractivity contribution in [2.75, 3.05) is 5.52 Å². The Labute approximate surface area is 92.2 Å². The highest BCUT2D eigenvalue weighted by atomic mass is 79.9. The largest absolute Gasteiger partial charge is 0.450 e. The summed E-state index contributed by atoms with van der Waals surface area (Å²) in [5, 5.41) is 0. The first-order chi connectivity index (χ1) is 6.95. The zero-order chi connectivity index (χ0) is 11.5. The second kappa shape index (κ2) is 4.65. The number of carbonyl (C=O) groups excluding carboxylic acids is 1. The summed E-state index contributed by atoms with van der Waals surface area (Å²) in [4.78, 5) is 11.1. The molecule has 0 aliphatic heterocycles. The summed E-state index contributed by atoms with van der Waals surface area (Å²) in [5.41, 5.74) is -1.04. The Morgan fingerprint density at radius 1 is 1.40 bits per heavy atom. The van der Waals surface area contributed by atoms with Gasteiger partial charge in [-0.2, -0.15) is 13.2 Å². The number of benzene rings is 1. The number of ether oxygens (including phenoxy) is 1. The molecule has 0 aromatic heterocycles. The Morgan fingerprint density at radius 3 is 2.60 bits per heavy atom. The summed E-state index contributed by atoms with van der Waals surface area (Å²) in [6.07, 6.45) is -4.45. The molecule has 0 atom stereocenters. The summed E-state index contributed by atoms with van der Waals surface area (Å²) in [6.45, 7) is 0. The fourth-order valence-corrected chi connectivity index (χ4v) is 1.16. The van der Waals surface area contributed by atoms with E-state index in [0.717, 1.165) is 18.2 Å². The lowest BCUT2D eigenvalue weighted by Gasteiger charge is -2.07. The van der Waals surface area contributed by atoms with Crippen molar-refractivity contribution >= 4 is 21.9 Å². The molecule has 0 amide bonds. The van der Waals surface area contributed by atoms with Crippen LogP contribution < -0.4 is 0 Å². The molecule has 0 aliphatic carbocycles. The van der Waals surface area contributed by atoms with Gasteiger partial charge in [0.2, 0.25) is 0 Å². The van der Waals surface area contributed by atoms with Crippen molar-refractivity contribution in [1.82, 2.24) is 0 Å². The minimum Gasteiger partial charge on any atom is -0.450 e. The highest BCUT2D eigenvalue weighted by Crippen LogP contribution is 2.29. The van der Waals surface area contributed by atoms with Gasteiger partial charge in [-0.05, 0) is 34.1 Å². The first-order valence-electron chi connectivity index (χ1n) is 3.85. The van der Waals surface area contributed by atoms with E-state index in [1.807, 2.05) is 0 Å². The van der Waals surface area contributed by atoms with Crippen molar-refractivity contribution < 1.29 is 22.7 Å². The van der Waals surface area contributed by atoms with E-state index in [-0.39, 0.29) is 11.1 Å². The second-order valence-corrected chi connectivity index (χ2v) is 3.08. The molecule has 0 saturated heterocycles. The minimum atomic E-state index is -4.45. The van der Waals surface area contributed by atoms with E-state index in [9.17, 15) is 18.0 Å².